The smallest absolute Gasteiger partial charge is 0.191 e. The first-order valence-corrected chi connectivity index (χ1v) is 9.92. The lowest BCUT2D eigenvalue weighted by molar-refractivity contribution is 0.415. The maximum atomic E-state index is 13.5. The van der Waals surface area contributed by atoms with Crippen molar-refractivity contribution in [2.75, 3.05) is 20.7 Å². The van der Waals surface area contributed by atoms with Crippen LogP contribution in [-0.2, 0) is 13.0 Å². The number of nitrogens with zero attached hydrogens (tertiary/aromatic N) is 3. The van der Waals surface area contributed by atoms with Crippen LogP contribution in [-0.4, -0.2) is 46.8 Å². The molecule has 2 aromatic carbocycles. The van der Waals surface area contributed by atoms with Gasteiger partial charge in [-0.15, -0.1) is 0 Å². The highest BCUT2D eigenvalue weighted by molar-refractivity contribution is 5.83. The number of aliphatic imine (C=N–C) groups is 1. The lowest BCUT2D eigenvalue weighted by atomic mass is 10.1. The first-order chi connectivity index (χ1) is 15.2. The minimum absolute atomic E-state index is 0.236. The van der Waals surface area contributed by atoms with Gasteiger partial charge in [-0.2, -0.15) is 5.10 Å². The van der Waals surface area contributed by atoms with Crippen molar-refractivity contribution in [3.63, 3.8) is 0 Å². The zero-order chi connectivity index (χ0) is 21.6. The zero-order valence-corrected chi connectivity index (χ0v) is 17.4. The van der Waals surface area contributed by atoms with Crippen LogP contribution < -0.4 is 15.4 Å². The fourth-order valence-electron chi connectivity index (χ4n) is 3.30. The number of ether oxygens (including phenoxy) is 1. The van der Waals surface area contributed by atoms with E-state index in [2.05, 4.69) is 35.8 Å². The zero-order valence-electron chi connectivity index (χ0n) is 17.4. The molecule has 0 aliphatic carbocycles. The Morgan fingerprint density at radius 2 is 2.00 bits per heavy atom. The van der Waals surface area contributed by atoms with Crippen LogP contribution in [0.3, 0.4) is 0 Å². The van der Waals surface area contributed by atoms with Crippen molar-refractivity contribution in [1.29, 1.82) is 0 Å². The summed E-state index contributed by atoms with van der Waals surface area (Å²) in [5.41, 5.74) is 2.88. The Bertz CT molecular complexity index is 1180. The summed E-state index contributed by atoms with van der Waals surface area (Å²) < 4.78 is 18.7. The van der Waals surface area contributed by atoms with Gasteiger partial charge in [0.2, 0.25) is 0 Å². The number of hydrogen-bond donors (Lipinski definition) is 4. The highest BCUT2D eigenvalue weighted by Crippen LogP contribution is 2.20. The quantitative estimate of drug-likeness (QED) is 0.271. The van der Waals surface area contributed by atoms with Gasteiger partial charge in [0.15, 0.2) is 11.8 Å². The Labute approximate surface area is 179 Å². The van der Waals surface area contributed by atoms with E-state index in [1.165, 1.54) is 6.07 Å². The number of rotatable bonds is 7. The number of fused-ring (bicyclic) bond motifs is 1. The SMILES string of the molecule is CN=C(NCCc1c[nH]c2ccc(F)cc12)NCc1nc(-c2ccc(OC)cc2)n[nH]1. The van der Waals surface area contributed by atoms with Gasteiger partial charge in [0.1, 0.15) is 17.4 Å². The molecule has 0 unspecified atom stereocenters. The number of hydrogen-bond acceptors (Lipinski definition) is 4. The molecule has 8 nitrogen and oxygen atoms in total. The van der Waals surface area contributed by atoms with Crippen molar-refractivity contribution in [3.8, 4) is 17.1 Å². The van der Waals surface area contributed by atoms with E-state index >= 15 is 0 Å². The van der Waals surface area contributed by atoms with Gasteiger partial charge in [-0.3, -0.25) is 10.1 Å². The molecule has 4 N–H and O–H groups in total. The average Bonchev–Trinajstić information content (AvgIpc) is 3.43. The minimum atomic E-state index is -0.236. The maximum Gasteiger partial charge on any atom is 0.191 e. The van der Waals surface area contributed by atoms with Crippen molar-refractivity contribution in [2.45, 2.75) is 13.0 Å². The van der Waals surface area contributed by atoms with Crippen molar-refractivity contribution in [2.24, 2.45) is 4.99 Å². The van der Waals surface area contributed by atoms with Crippen LogP contribution in [0, 0.1) is 5.82 Å². The molecule has 0 aliphatic heterocycles. The average molecular weight is 421 g/mol. The van der Waals surface area contributed by atoms with Crippen molar-refractivity contribution in [1.82, 2.24) is 30.8 Å². The summed E-state index contributed by atoms with van der Waals surface area (Å²) in [6.07, 6.45) is 2.64. The van der Waals surface area contributed by atoms with Crippen LogP contribution >= 0.6 is 0 Å². The summed E-state index contributed by atoms with van der Waals surface area (Å²) >= 11 is 0. The van der Waals surface area contributed by atoms with E-state index in [0.29, 0.717) is 30.7 Å². The van der Waals surface area contributed by atoms with E-state index in [9.17, 15) is 4.39 Å². The predicted molar refractivity (Wildman–Crippen MR) is 119 cm³/mol. The van der Waals surface area contributed by atoms with Crippen LogP contribution in [0.2, 0.25) is 0 Å². The van der Waals surface area contributed by atoms with E-state index < -0.39 is 0 Å². The number of H-pyrrole nitrogens is 2. The molecule has 0 saturated carbocycles. The summed E-state index contributed by atoms with van der Waals surface area (Å²) in [5.74, 6) is 2.51. The molecule has 0 amide bonds. The molecule has 0 saturated heterocycles. The molecular formula is C22H24FN7O. The van der Waals surface area contributed by atoms with Gasteiger partial charge < -0.3 is 20.4 Å². The molecule has 0 aliphatic rings. The van der Waals surface area contributed by atoms with Crippen molar-refractivity contribution in [3.05, 3.63) is 65.9 Å². The molecule has 4 rings (SSSR count). The van der Waals surface area contributed by atoms with Gasteiger partial charge in [-0.25, -0.2) is 9.37 Å². The largest absolute Gasteiger partial charge is 0.497 e. The molecule has 160 valence electrons. The number of guanidine groups is 1. The normalized spacial score (nSPS) is 11.6. The van der Waals surface area contributed by atoms with Gasteiger partial charge in [0, 0.05) is 36.3 Å². The van der Waals surface area contributed by atoms with Crippen molar-refractivity contribution < 1.29 is 9.13 Å². The number of aromatic amines is 2. The second-order valence-electron chi connectivity index (χ2n) is 6.94. The molecular weight excluding hydrogens is 397 g/mol. The van der Waals surface area contributed by atoms with Crippen LogP contribution in [0.5, 0.6) is 5.75 Å². The van der Waals surface area contributed by atoms with Crippen LogP contribution in [0.4, 0.5) is 4.39 Å². The van der Waals surface area contributed by atoms with Crippen LogP contribution in [0.15, 0.2) is 53.7 Å². The van der Waals surface area contributed by atoms with Gasteiger partial charge in [-0.05, 0) is 54.4 Å². The Kier molecular flexibility index (Phi) is 6.11. The number of halogens is 1. The van der Waals surface area contributed by atoms with E-state index in [1.54, 1.807) is 26.3 Å². The molecule has 2 aromatic heterocycles. The molecule has 0 fully saturated rings. The lowest BCUT2D eigenvalue weighted by Gasteiger charge is -2.10. The van der Waals surface area contributed by atoms with Crippen molar-refractivity contribution >= 4 is 16.9 Å². The highest BCUT2D eigenvalue weighted by atomic mass is 19.1. The van der Waals surface area contributed by atoms with E-state index in [-0.39, 0.29) is 5.82 Å². The second kappa shape index (κ2) is 9.29. The second-order valence-corrected chi connectivity index (χ2v) is 6.94. The third-order valence-corrected chi connectivity index (χ3v) is 4.94. The molecule has 0 bridgehead atoms. The molecule has 0 atom stereocenters. The maximum absolute atomic E-state index is 13.5. The van der Waals surface area contributed by atoms with E-state index in [1.807, 2.05) is 30.5 Å². The van der Waals surface area contributed by atoms with Crippen LogP contribution in [0.25, 0.3) is 22.3 Å². The Morgan fingerprint density at radius 1 is 1.16 bits per heavy atom. The Morgan fingerprint density at radius 3 is 2.77 bits per heavy atom. The number of nitrogens with one attached hydrogen (secondary N) is 4. The molecule has 31 heavy (non-hydrogen) atoms. The summed E-state index contributed by atoms with van der Waals surface area (Å²) in [6.45, 7) is 1.10. The first kappa shape index (κ1) is 20.4. The molecule has 0 radical (unpaired) electrons. The molecule has 9 heteroatoms. The van der Waals surface area contributed by atoms with Gasteiger partial charge in [0.25, 0.3) is 0 Å². The van der Waals surface area contributed by atoms with Gasteiger partial charge in [-0.1, -0.05) is 0 Å². The summed E-state index contributed by atoms with van der Waals surface area (Å²) in [5, 5.41) is 14.6. The lowest BCUT2D eigenvalue weighted by Crippen LogP contribution is -2.38. The van der Waals surface area contributed by atoms with E-state index in [0.717, 1.165) is 34.2 Å². The Balaban J connectivity index is 1.29. The number of benzene rings is 2. The highest BCUT2D eigenvalue weighted by Gasteiger charge is 2.08. The number of methoxy groups -OCH3 is 1. The molecule has 0 spiro atoms. The fraction of sp³-hybridized carbons (Fsp3) is 0.227. The number of aromatic nitrogens is 4. The monoisotopic (exact) mass is 421 g/mol. The minimum Gasteiger partial charge on any atom is -0.497 e. The third kappa shape index (κ3) is 4.82. The first-order valence-electron chi connectivity index (χ1n) is 9.92. The fourth-order valence-corrected chi connectivity index (χ4v) is 3.30. The summed E-state index contributed by atoms with van der Waals surface area (Å²) in [7, 11) is 3.34. The third-order valence-electron chi connectivity index (χ3n) is 4.94. The molecule has 4 aromatic rings. The standard InChI is InChI=1S/C22H24FN7O/c1-24-22(25-10-9-15-12-26-19-8-5-16(23)11-18(15)19)27-13-20-28-21(30-29-20)14-3-6-17(31-2)7-4-14/h3-8,11-12,26H,9-10,13H2,1-2H3,(H2,24,25,27)(H,28,29,30). The Hall–Kier alpha value is -3.88. The summed E-state index contributed by atoms with van der Waals surface area (Å²) in [4.78, 5) is 11.9. The molecule has 2 heterocycles. The topological polar surface area (TPSA) is 103 Å². The predicted octanol–water partition coefficient (Wildman–Crippen LogP) is 3.01. The van der Waals surface area contributed by atoms with Gasteiger partial charge in [0.05, 0.1) is 13.7 Å². The summed E-state index contributed by atoms with van der Waals surface area (Å²) in [6, 6.07) is 12.3. The van der Waals surface area contributed by atoms with E-state index in [4.69, 9.17) is 4.74 Å². The van der Waals surface area contributed by atoms with Gasteiger partial charge >= 0.3 is 0 Å². The van der Waals surface area contributed by atoms with Crippen LogP contribution in [0.1, 0.15) is 11.4 Å².